The molecule has 1 aliphatic heterocycles. The average molecular weight is 227 g/mol. The van der Waals surface area contributed by atoms with E-state index < -0.39 is 18.1 Å². The molecule has 0 saturated carbocycles. The molecule has 2 unspecified atom stereocenters. The summed E-state index contributed by atoms with van der Waals surface area (Å²) in [5.74, 6) is -1.82. The van der Waals surface area contributed by atoms with Gasteiger partial charge in [-0.2, -0.15) is 0 Å². The third kappa shape index (κ3) is 2.62. The highest BCUT2D eigenvalue weighted by molar-refractivity contribution is 5.87. The van der Waals surface area contributed by atoms with Crippen molar-refractivity contribution < 1.29 is 19.8 Å². The lowest BCUT2D eigenvalue weighted by molar-refractivity contribution is -0.314. The van der Waals surface area contributed by atoms with Gasteiger partial charge < -0.3 is 19.9 Å². The third-order valence-corrected chi connectivity index (χ3v) is 2.42. The highest BCUT2D eigenvalue weighted by Crippen LogP contribution is 2.17. The minimum Gasteiger partial charge on any atom is -0.548 e. The van der Waals surface area contributed by atoms with Crippen LogP contribution in [0.1, 0.15) is 12.8 Å². The summed E-state index contributed by atoms with van der Waals surface area (Å²) in [5, 5.41) is 23.5. The number of hydrogen-bond donors (Lipinski definition) is 1. The van der Waals surface area contributed by atoms with E-state index in [1.165, 1.54) is 0 Å². The van der Waals surface area contributed by atoms with E-state index in [-0.39, 0.29) is 25.3 Å². The zero-order valence-electron chi connectivity index (χ0n) is 8.44. The molecular formula is C8H11N4O4-. The van der Waals surface area contributed by atoms with Crippen molar-refractivity contribution in [1.82, 2.24) is 4.90 Å². The molecule has 1 saturated heterocycles. The molecule has 1 rings (SSSR count). The van der Waals surface area contributed by atoms with Crippen LogP contribution in [0.3, 0.4) is 0 Å². The number of rotatable bonds is 6. The van der Waals surface area contributed by atoms with Crippen LogP contribution in [0.2, 0.25) is 0 Å². The minimum absolute atomic E-state index is 0.0213. The summed E-state index contributed by atoms with van der Waals surface area (Å²) in [7, 11) is 0. The van der Waals surface area contributed by atoms with E-state index in [0.717, 1.165) is 4.90 Å². The lowest BCUT2D eigenvalue weighted by atomic mass is 10.0. The van der Waals surface area contributed by atoms with Gasteiger partial charge in [0.15, 0.2) is 0 Å². The Balaban J connectivity index is 2.58. The Morgan fingerprint density at radius 1 is 1.75 bits per heavy atom. The summed E-state index contributed by atoms with van der Waals surface area (Å²) < 4.78 is 0. The fraction of sp³-hybridized carbons (Fsp3) is 0.750. The fourth-order valence-electron chi connectivity index (χ4n) is 1.51. The molecule has 0 aromatic rings. The van der Waals surface area contributed by atoms with Crippen LogP contribution in [-0.4, -0.2) is 47.1 Å². The zero-order chi connectivity index (χ0) is 12.1. The van der Waals surface area contributed by atoms with Gasteiger partial charge in [-0.15, -0.1) is 0 Å². The van der Waals surface area contributed by atoms with Gasteiger partial charge in [0.05, 0.1) is 18.1 Å². The van der Waals surface area contributed by atoms with E-state index in [0.29, 0.717) is 6.54 Å². The Bertz CT molecular complexity index is 339. The zero-order valence-corrected chi connectivity index (χ0v) is 8.44. The van der Waals surface area contributed by atoms with Crippen molar-refractivity contribution in [3.63, 3.8) is 0 Å². The maximum Gasteiger partial charge on any atom is 0.225 e. The summed E-state index contributed by atoms with van der Waals surface area (Å²) in [6.45, 7) is 0.277. The standard InChI is InChI=1S/C8H12N4O4/c9-11-10-3-1-5(13)7(8(15)16)12-4-2-6(12)14/h5,7,13H,1-4H2,(H,15,16)/p-1. The first kappa shape index (κ1) is 12.3. The summed E-state index contributed by atoms with van der Waals surface area (Å²) in [6.07, 6.45) is -1.01. The summed E-state index contributed by atoms with van der Waals surface area (Å²) in [6, 6.07) is -1.35. The second kappa shape index (κ2) is 5.34. The van der Waals surface area contributed by atoms with Crippen LogP contribution in [0.15, 0.2) is 5.11 Å². The predicted octanol–water partition coefficient (Wildman–Crippen LogP) is -1.60. The number of carbonyl (C=O) groups excluding carboxylic acids is 2. The first-order valence-corrected chi connectivity index (χ1v) is 4.77. The predicted molar refractivity (Wildman–Crippen MR) is 49.8 cm³/mol. The topological polar surface area (TPSA) is 129 Å². The van der Waals surface area contributed by atoms with Gasteiger partial charge in [0.2, 0.25) is 5.91 Å². The van der Waals surface area contributed by atoms with Crippen molar-refractivity contribution in [2.24, 2.45) is 5.11 Å². The maximum atomic E-state index is 11.1. The maximum absolute atomic E-state index is 11.1. The minimum atomic E-state index is -1.50. The molecule has 1 amide bonds. The first-order chi connectivity index (χ1) is 7.57. The summed E-state index contributed by atoms with van der Waals surface area (Å²) >= 11 is 0. The number of β-lactam (4-membered cyclic amide) rings is 1. The lowest BCUT2D eigenvalue weighted by Gasteiger charge is -2.40. The number of aliphatic hydroxyl groups excluding tert-OH is 1. The number of carboxylic acids is 1. The van der Waals surface area contributed by atoms with Crippen LogP contribution >= 0.6 is 0 Å². The van der Waals surface area contributed by atoms with E-state index in [1.54, 1.807) is 0 Å². The van der Waals surface area contributed by atoms with E-state index in [4.69, 9.17) is 5.53 Å². The fourth-order valence-corrected chi connectivity index (χ4v) is 1.51. The van der Waals surface area contributed by atoms with Gasteiger partial charge in [-0.05, 0) is 12.0 Å². The molecule has 8 nitrogen and oxygen atoms in total. The third-order valence-electron chi connectivity index (χ3n) is 2.42. The van der Waals surface area contributed by atoms with Crippen LogP contribution in [0.4, 0.5) is 0 Å². The van der Waals surface area contributed by atoms with Crippen molar-refractivity contribution in [2.75, 3.05) is 13.1 Å². The lowest BCUT2D eigenvalue weighted by Crippen LogP contribution is -2.61. The van der Waals surface area contributed by atoms with Crippen LogP contribution in [-0.2, 0) is 9.59 Å². The number of likely N-dealkylation sites (tertiary alicyclic amines) is 1. The molecule has 0 aromatic heterocycles. The highest BCUT2D eigenvalue weighted by atomic mass is 16.4. The van der Waals surface area contributed by atoms with Crippen LogP contribution < -0.4 is 5.11 Å². The van der Waals surface area contributed by atoms with Gasteiger partial charge in [-0.3, -0.25) is 4.79 Å². The molecule has 0 aromatic carbocycles. The Morgan fingerprint density at radius 3 is 2.81 bits per heavy atom. The summed E-state index contributed by atoms with van der Waals surface area (Å²) in [5.41, 5.74) is 8.02. The van der Waals surface area contributed by atoms with Crippen LogP contribution in [0.5, 0.6) is 0 Å². The number of amides is 1. The van der Waals surface area contributed by atoms with Gasteiger partial charge in [0.1, 0.15) is 0 Å². The Labute approximate surface area is 91.1 Å². The number of carboxylic acid groups (broad SMARTS) is 1. The summed E-state index contributed by atoms with van der Waals surface area (Å²) in [4.78, 5) is 25.4. The van der Waals surface area contributed by atoms with Gasteiger partial charge in [0.25, 0.3) is 0 Å². The molecule has 16 heavy (non-hydrogen) atoms. The number of hydrogen-bond acceptors (Lipinski definition) is 5. The number of azide groups is 1. The van der Waals surface area contributed by atoms with Crippen molar-refractivity contribution in [3.05, 3.63) is 10.4 Å². The normalized spacial score (nSPS) is 18.3. The molecular weight excluding hydrogens is 216 g/mol. The van der Waals surface area contributed by atoms with Crippen molar-refractivity contribution in [2.45, 2.75) is 25.0 Å². The van der Waals surface area contributed by atoms with Crippen molar-refractivity contribution >= 4 is 11.9 Å². The SMILES string of the molecule is [N-]=[N+]=NCCC(O)C(C(=O)[O-])N1CCC1=O. The smallest absolute Gasteiger partial charge is 0.225 e. The number of aliphatic carboxylic acids is 1. The van der Waals surface area contributed by atoms with Crippen LogP contribution in [0, 0.1) is 0 Å². The molecule has 8 heteroatoms. The van der Waals surface area contributed by atoms with Crippen LogP contribution in [0.25, 0.3) is 10.4 Å². The molecule has 1 fully saturated rings. The molecule has 1 N–H and O–H groups in total. The number of aliphatic hydroxyl groups is 1. The van der Waals surface area contributed by atoms with Gasteiger partial charge >= 0.3 is 0 Å². The van der Waals surface area contributed by atoms with Gasteiger partial charge in [-0.25, -0.2) is 0 Å². The first-order valence-electron chi connectivity index (χ1n) is 4.77. The van der Waals surface area contributed by atoms with Crippen molar-refractivity contribution in [1.29, 1.82) is 0 Å². The van der Waals surface area contributed by atoms with Crippen molar-refractivity contribution in [3.8, 4) is 0 Å². The Kier molecular flexibility index (Phi) is 4.10. The Hall–Kier alpha value is -1.79. The van der Waals surface area contributed by atoms with E-state index in [1.807, 2.05) is 0 Å². The van der Waals surface area contributed by atoms with Gasteiger partial charge in [-0.1, -0.05) is 5.11 Å². The second-order valence-corrected chi connectivity index (χ2v) is 3.41. The highest BCUT2D eigenvalue weighted by Gasteiger charge is 2.35. The quantitative estimate of drug-likeness (QED) is 0.253. The molecule has 0 radical (unpaired) electrons. The molecule has 0 spiro atoms. The largest absolute Gasteiger partial charge is 0.548 e. The second-order valence-electron chi connectivity index (χ2n) is 3.41. The molecule has 0 bridgehead atoms. The molecule has 88 valence electrons. The molecule has 1 aliphatic rings. The van der Waals surface area contributed by atoms with Gasteiger partial charge in [0, 0.05) is 24.4 Å². The molecule has 0 aliphatic carbocycles. The van der Waals surface area contributed by atoms with E-state index in [9.17, 15) is 19.8 Å². The monoisotopic (exact) mass is 227 g/mol. The Morgan fingerprint density at radius 2 is 2.44 bits per heavy atom. The number of carbonyl (C=O) groups is 2. The van der Waals surface area contributed by atoms with E-state index >= 15 is 0 Å². The van der Waals surface area contributed by atoms with E-state index in [2.05, 4.69) is 10.0 Å². The molecule has 1 heterocycles. The average Bonchev–Trinajstić information content (AvgIpc) is 2.23. The molecule has 2 atom stereocenters. The number of nitrogens with zero attached hydrogens (tertiary/aromatic N) is 4.